The molecule has 0 aromatic heterocycles. The van der Waals surface area contributed by atoms with Gasteiger partial charge in [-0.2, -0.15) is 0 Å². The Kier molecular flexibility index (Phi) is 3.97. The largest absolute Gasteiger partial charge is 0.480 e. The van der Waals surface area contributed by atoms with Crippen LogP contribution in [0, 0.1) is 5.41 Å². The summed E-state index contributed by atoms with van der Waals surface area (Å²) in [5, 5.41) is 9.16. The van der Waals surface area contributed by atoms with Crippen molar-refractivity contribution in [2.75, 3.05) is 6.54 Å². The Hall–Kier alpha value is -1.65. The Morgan fingerprint density at radius 1 is 1.40 bits per heavy atom. The summed E-state index contributed by atoms with van der Waals surface area (Å²) in [6.45, 7) is 6.35. The second-order valence-electron chi connectivity index (χ2n) is 5.93. The number of carbonyl (C=O) groups is 3. The molecule has 1 aliphatic heterocycles. The Bertz CT molecular complexity index is 452. The molecule has 2 rings (SSSR count). The van der Waals surface area contributed by atoms with E-state index < -0.39 is 17.4 Å². The van der Waals surface area contributed by atoms with E-state index in [1.54, 1.807) is 11.8 Å². The Balaban J connectivity index is 1.97. The number of likely N-dealkylation sites (tertiary alicyclic amines) is 1. The molecule has 0 aromatic carbocycles. The molecule has 0 radical (unpaired) electrons. The Labute approximate surface area is 118 Å². The monoisotopic (exact) mass is 279 g/mol. The van der Waals surface area contributed by atoms with Crippen LogP contribution < -0.4 is 0 Å². The maximum absolute atomic E-state index is 11.9. The fraction of sp³-hybridized carbons (Fsp3) is 0.667. The van der Waals surface area contributed by atoms with Crippen LogP contribution in [0.1, 0.15) is 45.4 Å². The van der Waals surface area contributed by atoms with Crippen LogP contribution in [0.25, 0.3) is 0 Å². The van der Waals surface area contributed by atoms with Gasteiger partial charge in [-0.25, -0.2) is 4.79 Å². The van der Waals surface area contributed by atoms with Crippen molar-refractivity contribution in [1.29, 1.82) is 0 Å². The number of hydrogen-bond donors (Lipinski definition) is 1. The molecule has 1 N–H and O–H groups in total. The summed E-state index contributed by atoms with van der Waals surface area (Å²) in [7, 11) is 0. The predicted octanol–water partition coefficient (Wildman–Crippen LogP) is 1.77. The lowest BCUT2D eigenvalue weighted by atomic mass is 9.81. The maximum atomic E-state index is 11.9. The molecule has 1 aliphatic carbocycles. The number of nitrogens with zero attached hydrogens (tertiary/aromatic N) is 1. The zero-order valence-corrected chi connectivity index (χ0v) is 11.9. The highest BCUT2D eigenvalue weighted by molar-refractivity contribution is 6.12. The number of aliphatic carboxylic acids is 1. The maximum Gasteiger partial charge on any atom is 0.326 e. The lowest BCUT2D eigenvalue weighted by Crippen LogP contribution is -2.36. The Morgan fingerprint density at radius 3 is 2.55 bits per heavy atom. The molecule has 0 amide bonds. The van der Waals surface area contributed by atoms with Crippen LogP contribution in [0.4, 0.5) is 0 Å². The van der Waals surface area contributed by atoms with Gasteiger partial charge in [0.1, 0.15) is 17.6 Å². The standard InChI is InChI=1S/C15H21NO4/c1-10(16-9-3-4-11(16)14(19)20)7-8-15(2)12(17)5-6-13(15)18/h11H,1,3-9H2,2H3,(H,19,20)/t11-/m0/s1. The van der Waals surface area contributed by atoms with E-state index in [1.807, 2.05) is 0 Å². The zero-order valence-electron chi connectivity index (χ0n) is 11.9. The molecule has 0 unspecified atom stereocenters. The third-order valence-corrected chi connectivity index (χ3v) is 4.67. The molecule has 2 aliphatic rings. The first-order valence-electron chi connectivity index (χ1n) is 7.10. The van der Waals surface area contributed by atoms with Crippen molar-refractivity contribution in [3.63, 3.8) is 0 Å². The summed E-state index contributed by atoms with van der Waals surface area (Å²) in [4.78, 5) is 36.7. The van der Waals surface area contributed by atoms with Crippen LogP contribution >= 0.6 is 0 Å². The molecule has 1 atom stereocenters. The molecule has 2 fully saturated rings. The average Bonchev–Trinajstić information content (AvgIpc) is 2.98. The fourth-order valence-corrected chi connectivity index (χ4v) is 3.15. The summed E-state index contributed by atoms with van der Waals surface area (Å²) < 4.78 is 0. The highest BCUT2D eigenvalue weighted by atomic mass is 16.4. The average molecular weight is 279 g/mol. The molecular weight excluding hydrogens is 258 g/mol. The molecule has 110 valence electrons. The third kappa shape index (κ3) is 2.49. The molecule has 0 spiro atoms. The van der Waals surface area contributed by atoms with Crippen molar-refractivity contribution in [2.24, 2.45) is 5.41 Å². The number of rotatable bonds is 5. The summed E-state index contributed by atoms with van der Waals surface area (Å²) >= 11 is 0. The third-order valence-electron chi connectivity index (χ3n) is 4.67. The summed E-state index contributed by atoms with van der Waals surface area (Å²) in [6.07, 6.45) is 3.07. The molecule has 5 heteroatoms. The van der Waals surface area contributed by atoms with Crippen molar-refractivity contribution in [3.8, 4) is 0 Å². The number of carboxylic acids is 1. The van der Waals surface area contributed by atoms with Gasteiger partial charge in [0.15, 0.2) is 0 Å². The first-order chi connectivity index (χ1) is 9.36. The fourth-order valence-electron chi connectivity index (χ4n) is 3.15. The van der Waals surface area contributed by atoms with E-state index in [2.05, 4.69) is 6.58 Å². The second-order valence-corrected chi connectivity index (χ2v) is 5.93. The van der Waals surface area contributed by atoms with Crippen molar-refractivity contribution in [3.05, 3.63) is 12.3 Å². The van der Waals surface area contributed by atoms with Crippen molar-refractivity contribution in [1.82, 2.24) is 4.90 Å². The van der Waals surface area contributed by atoms with Gasteiger partial charge in [0, 0.05) is 25.1 Å². The van der Waals surface area contributed by atoms with Gasteiger partial charge in [0.25, 0.3) is 0 Å². The molecule has 0 bridgehead atoms. The molecule has 20 heavy (non-hydrogen) atoms. The van der Waals surface area contributed by atoms with E-state index >= 15 is 0 Å². The topological polar surface area (TPSA) is 74.7 Å². The van der Waals surface area contributed by atoms with Gasteiger partial charge in [0.2, 0.25) is 0 Å². The highest BCUT2D eigenvalue weighted by Crippen LogP contribution is 2.37. The first kappa shape index (κ1) is 14.8. The quantitative estimate of drug-likeness (QED) is 0.776. The lowest BCUT2D eigenvalue weighted by molar-refractivity contribution is -0.142. The van der Waals surface area contributed by atoms with Crippen LogP contribution in [-0.2, 0) is 14.4 Å². The van der Waals surface area contributed by atoms with Gasteiger partial charge in [-0.3, -0.25) is 9.59 Å². The van der Waals surface area contributed by atoms with E-state index in [1.165, 1.54) is 0 Å². The van der Waals surface area contributed by atoms with Gasteiger partial charge < -0.3 is 10.0 Å². The summed E-state index contributed by atoms with van der Waals surface area (Å²) in [6, 6.07) is -0.509. The smallest absolute Gasteiger partial charge is 0.326 e. The minimum Gasteiger partial charge on any atom is -0.480 e. The van der Waals surface area contributed by atoms with Crippen LogP contribution in [0.5, 0.6) is 0 Å². The molecule has 1 saturated heterocycles. The minimum atomic E-state index is -0.888. The lowest BCUT2D eigenvalue weighted by Gasteiger charge is -2.28. The van der Waals surface area contributed by atoms with Gasteiger partial charge in [-0.05, 0) is 32.6 Å². The summed E-state index contributed by atoms with van der Waals surface area (Å²) in [5.41, 5.74) is -0.162. The summed E-state index contributed by atoms with van der Waals surface area (Å²) in [5.74, 6) is -0.819. The Morgan fingerprint density at radius 2 is 2.00 bits per heavy atom. The second kappa shape index (κ2) is 5.38. The molecule has 5 nitrogen and oxygen atoms in total. The van der Waals surface area contributed by atoms with Gasteiger partial charge in [-0.1, -0.05) is 6.58 Å². The number of carbonyl (C=O) groups excluding carboxylic acids is 2. The first-order valence-corrected chi connectivity index (χ1v) is 7.10. The van der Waals surface area contributed by atoms with E-state index in [0.717, 1.165) is 12.1 Å². The molecular formula is C15H21NO4. The number of carboxylic acid groups (broad SMARTS) is 1. The predicted molar refractivity (Wildman–Crippen MR) is 73.1 cm³/mol. The van der Waals surface area contributed by atoms with Crippen LogP contribution in [-0.4, -0.2) is 40.1 Å². The normalized spacial score (nSPS) is 25.2. The molecule has 0 aromatic rings. The van der Waals surface area contributed by atoms with Crippen molar-refractivity contribution in [2.45, 2.75) is 51.5 Å². The SMILES string of the molecule is C=C(CCC1(C)C(=O)CCC1=O)N1CCC[C@H]1C(=O)O. The van der Waals surface area contributed by atoms with E-state index in [4.69, 9.17) is 5.11 Å². The van der Waals surface area contributed by atoms with Crippen molar-refractivity contribution < 1.29 is 19.5 Å². The molecule has 1 saturated carbocycles. The number of Topliss-reactive ketones (excluding diaryl/α,β-unsaturated/α-hetero) is 2. The van der Waals surface area contributed by atoms with Crippen molar-refractivity contribution >= 4 is 17.5 Å². The van der Waals surface area contributed by atoms with Crippen LogP contribution in [0.2, 0.25) is 0 Å². The number of ketones is 2. The van der Waals surface area contributed by atoms with Crippen LogP contribution in [0.15, 0.2) is 12.3 Å². The van der Waals surface area contributed by atoms with Gasteiger partial charge in [-0.15, -0.1) is 0 Å². The number of hydrogen-bond acceptors (Lipinski definition) is 4. The van der Waals surface area contributed by atoms with Gasteiger partial charge in [0.05, 0.1) is 5.41 Å². The van der Waals surface area contributed by atoms with Gasteiger partial charge >= 0.3 is 5.97 Å². The number of allylic oxidation sites excluding steroid dienone is 1. The minimum absolute atomic E-state index is 0.00602. The van der Waals surface area contributed by atoms with E-state index in [0.29, 0.717) is 38.6 Å². The van der Waals surface area contributed by atoms with Crippen LogP contribution in [0.3, 0.4) is 0 Å². The van der Waals surface area contributed by atoms with E-state index in [-0.39, 0.29) is 11.6 Å². The van der Waals surface area contributed by atoms with E-state index in [9.17, 15) is 14.4 Å². The zero-order chi connectivity index (χ0) is 14.9. The molecule has 1 heterocycles. The highest BCUT2D eigenvalue weighted by Gasteiger charge is 2.45.